The normalized spacial score (nSPS) is 32.3. The highest BCUT2D eigenvalue weighted by Gasteiger charge is 2.47. The molecule has 14 heteroatoms. The zero-order valence-corrected chi connectivity index (χ0v) is 27.5. The second kappa shape index (κ2) is 23.8. The van der Waals surface area contributed by atoms with E-state index >= 15 is 0 Å². The third-order valence-electron chi connectivity index (χ3n) is 8.16. The summed E-state index contributed by atoms with van der Waals surface area (Å²) in [6, 6.07) is 0. The van der Waals surface area contributed by atoms with Crippen LogP contribution in [-0.2, 0) is 28.5 Å². The Morgan fingerprint density at radius 3 is 1.87 bits per heavy atom. The molecule has 2 aliphatic rings. The van der Waals surface area contributed by atoms with Crippen LogP contribution in [0.25, 0.3) is 0 Å². The van der Waals surface area contributed by atoms with Gasteiger partial charge in [-0.25, -0.2) is 0 Å². The minimum Gasteiger partial charge on any atom is -0.463 e. The first-order chi connectivity index (χ1) is 22.6. The summed E-state index contributed by atoms with van der Waals surface area (Å²) in [4.78, 5) is 12.1. The number of carbonyl (C=O) groups is 1. The van der Waals surface area contributed by atoms with Crippen LogP contribution in [0.2, 0.25) is 0 Å². The molecular formula is C33H58O14. The highest BCUT2D eigenvalue weighted by Crippen LogP contribution is 2.26. The van der Waals surface area contributed by atoms with Crippen LogP contribution in [0.5, 0.6) is 0 Å². The second-order valence-electron chi connectivity index (χ2n) is 12.2. The van der Waals surface area contributed by atoms with Gasteiger partial charge in [-0.3, -0.25) is 4.79 Å². The van der Waals surface area contributed by atoms with Crippen molar-refractivity contribution in [2.75, 3.05) is 26.4 Å². The molecule has 2 heterocycles. The van der Waals surface area contributed by atoms with Crippen molar-refractivity contribution in [2.24, 2.45) is 0 Å². The van der Waals surface area contributed by atoms with Crippen molar-refractivity contribution in [3.05, 3.63) is 24.3 Å². The third-order valence-corrected chi connectivity index (χ3v) is 8.16. The molecule has 2 aliphatic heterocycles. The Hall–Kier alpha value is -1.53. The number of unbranched alkanes of at least 4 members (excludes halogenated alkanes) is 8. The van der Waals surface area contributed by atoms with E-state index in [1.54, 1.807) is 0 Å². The van der Waals surface area contributed by atoms with E-state index in [1.165, 1.54) is 19.3 Å². The molecule has 0 amide bonds. The lowest BCUT2D eigenvalue weighted by Crippen LogP contribution is -2.61. The summed E-state index contributed by atoms with van der Waals surface area (Å²) in [5.74, 6) is -0.451. The molecule has 0 saturated carbocycles. The van der Waals surface area contributed by atoms with Crippen molar-refractivity contribution >= 4 is 5.97 Å². The van der Waals surface area contributed by atoms with E-state index in [9.17, 15) is 45.6 Å². The Morgan fingerprint density at radius 1 is 0.681 bits per heavy atom. The monoisotopic (exact) mass is 678 g/mol. The fraction of sp³-hybridized carbons (Fsp3) is 0.848. The van der Waals surface area contributed by atoms with Gasteiger partial charge in [-0.1, -0.05) is 63.3 Å². The van der Waals surface area contributed by atoms with Crippen molar-refractivity contribution in [3.8, 4) is 0 Å². The van der Waals surface area contributed by atoms with E-state index in [4.69, 9.17) is 23.7 Å². The predicted octanol–water partition coefficient (Wildman–Crippen LogP) is 0.345. The van der Waals surface area contributed by atoms with Crippen LogP contribution < -0.4 is 0 Å². The summed E-state index contributed by atoms with van der Waals surface area (Å²) >= 11 is 0. The largest absolute Gasteiger partial charge is 0.463 e. The summed E-state index contributed by atoms with van der Waals surface area (Å²) in [6.45, 7) is 0.250. The zero-order valence-electron chi connectivity index (χ0n) is 27.5. The van der Waals surface area contributed by atoms with Gasteiger partial charge in [-0.05, 0) is 38.5 Å². The van der Waals surface area contributed by atoms with Crippen LogP contribution in [0, 0.1) is 0 Å². The molecule has 14 nitrogen and oxygen atoms in total. The van der Waals surface area contributed by atoms with Crippen molar-refractivity contribution in [2.45, 2.75) is 151 Å². The number of ether oxygens (including phenoxy) is 5. The number of esters is 1. The van der Waals surface area contributed by atoms with E-state index in [2.05, 4.69) is 31.2 Å². The van der Waals surface area contributed by atoms with E-state index in [0.717, 1.165) is 44.9 Å². The number of allylic oxidation sites excluding steroid dienone is 4. The average molecular weight is 679 g/mol. The summed E-state index contributed by atoms with van der Waals surface area (Å²) in [7, 11) is 0. The average Bonchev–Trinajstić information content (AvgIpc) is 3.06. The first-order valence-corrected chi connectivity index (χ1v) is 17.0. The first-order valence-electron chi connectivity index (χ1n) is 17.0. The predicted molar refractivity (Wildman–Crippen MR) is 169 cm³/mol. The fourth-order valence-electron chi connectivity index (χ4n) is 5.18. The number of hydrogen-bond donors (Lipinski definition) is 8. The molecule has 2 saturated heterocycles. The summed E-state index contributed by atoms with van der Waals surface area (Å²) < 4.78 is 26.6. The van der Waals surface area contributed by atoms with Gasteiger partial charge in [0, 0.05) is 6.42 Å². The second-order valence-corrected chi connectivity index (χ2v) is 12.2. The van der Waals surface area contributed by atoms with Crippen LogP contribution in [0.15, 0.2) is 24.3 Å². The minimum absolute atomic E-state index is 0.225. The third kappa shape index (κ3) is 15.3. The van der Waals surface area contributed by atoms with Gasteiger partial charge >= 0.3 is 5.97 Å². The van der Waals surface area contributed by atoms with Crippen LogP contribution in [-0.4, -0.2) is 141 Å². The molecule has 2 rings (SSSR count). The number of aliphatic hydroxyl groups excluding tert-OH is 8. The van der Waals surface area contributed by atoms with Gasteiger partial charge < -0.3 is 64.5 Å². The lowest BCUT2D eigenvalue weighted by atomic mass is 9.98. The molecule has 0 spiro atoms. The van der Waals surface area contributed by atoms with Gasteiger partial charge in [0.15, 0.2) is 12.6 Å². The van der Waals surface area contributed by atoms with Gasteiger partial charge in [0.2, 0.25) is 0 Å². The van der Waals surface area contributed by atoms with Crippen LogP contribution in [0.4, 0.5) is 0 Å². The Bertz CT molecular complexity index is 885. The molecule has 0 radical (unpaired) electrons. The van der Waals surface area contributed by atoms with E-state index in [1.807, 2.05) is 0 Å². The fourth-order valence-corrected chi connectivity index (χ4v) is 5.18. The van der Waals surface area contributed by atoms with Gasteiger partial charge in [0.1, 0.15) is 61.5 Å². The molecule has 0 aliphatic carbocycles. The van der Waals surface area contributed by atoms with Gasteiger partial charge in [-0.2, -0.15) is 0 Å². The maximum atomic E-state index is 12.1. The number of hydrogen-bond acceptors (Lipinski definition) is 14. The summed E-state index contributed by atoms with van der Waals surface area (Å²) in [5, 5.41) is 80.3. The number of rotatable bonds is 23. The molecule has 2 fully saturated rings. The van der Waals surface area contributed by atoms with Crippen molar-refractivity contribution in [3.63, 3.8) is 0 Å². The summed E-state index contributed by atoms with van der Waals surface area (Å²) in [6.07, 6.45) is 4.08. The van der Waals surface area contributed by atoms with Crippen molar-refractivity contribution in [1.82, 2.24) is 0 Å². The lowest BCUT2D eigenvalue weighted by molar-refractivity contribution is -0.332. The van der Waals surface area contributed by atoms with E-state index < -0.39 is 93.3 Å². The van der Waals surface area contributed by atoms with E-state index in [-0.39, 0.29) is 13.0 Å². The molecule has 274 valence electrons. The summed E-state index contributed by atoms with van der Waals surface area (Å²) in [5.41, 5.74) is 0. The molecule has 0 bridgehead atoms. The smallest absolute Gasteiger partial charge is 0.305 e. The molecular weight excluding hydrogens is 620 g/mol. The Labute approximate surface area is 277 Å². The molecule has 8 N–H and O–H groups in total. The molecule has 47 heavy (non-hydrogen) atoms. The molecule has 0 aromatic carbocycles. The molecule has 11 atom stereocenters. The Morgan fingerprint density at radius 2 is 1.23 bits per heavy atom. The number of carbonyl (C=O) groups excluding carboxylic acids is 1. The van der Waals surface area contributed by atoms with Gasteiger partial charge in [0.05, 0.1) is 19.8 Å². The van der Waals surface area contributed by atoms with Crippen LogP contribution in [0.3, 0.4) is 0 Å². The van der Waals surface area contributed by atoms with Crippen LogP contribution >= 0.6 is 0 Å². The quantitative estimate of drug-likeness (QED) is 0.0415. The highest BCUT2D eigenvalue weighted by atomic mass is 16.7. The van der Waals surface area contributed by atoms with Crippen molar-refractivity contribution < 1.29 is 69.3 Å². The van der Waals surface area contributed by atoms with Gasteiger partial charge in [0.25, 0.3) is 0 Å². The SMILES string of the molecule is CCCCC/C=C\C/C=C\CCCCCCCC(=O)OCC(O)CO[C@@H]1O[C@H](CO[C@H]2O[C@H](CO)[C@H](O)[C@H](O)[C@H]2O)[C@H](O)[C@H](O)[C@H]1O. The first kappa shape index (κ1) is 41.6. The Balaban J connectivity index is 1.58. The van der Waals surface area contributed by atoms with Gasteiger partial charge in [-0.15, -0.1) is 0 Å². The molecule has 1 unspecified atom stereocenters. The molecule has 0 aromatic heterocycles. The molecule has 0 aromatic rings. The zero-order chi connectivity index (χ0) is 34.6. The number of aliphatic hydroxyl groups is 8. The topological polar surface area (TPSA) is 225 Å². The maximum Gasteiger partial charge on any atom is 0.305 e. The highest BCUT2D eigenvalue weighted by molar-refractivity contribution is 5.69. The standard InChI is InChI=1S/C33H58O14/c1-2-3-4-5-6-7-8-9-10-11-12-13-14-15-16-17-25(36)43-19-22(35)20-44-32-31(42)29(40)27(38)24(47-32)21-45-33-30(41)28(39)26(37)23(18-34)46-33/h6-7,9-10,22-24,26-35,37-42H,2-5,8,11-21H2,1H3/b7-6-,10-9-/t22?,23-,24-,26+,27+,28+,29+,30-,31-,32-,33+/m1/s1. The maximum absolute atomic E-state index is 12.1. The lowest BCUT2D eigenvalue weighted by Gasteiger charge is -2.42. The van der Waals surface area contributed by atoms with E-state index in [0.29, 0.717) is 6.42 Å². The minimum atomic E-state index is -1.73. The van der Waals surface area contributed by atoms with Crippen LogP contribution in [0.1, 0.15) is 84.0 Å². The van der Waals surface area contributed by atoms with Crippen molar-refractivity contribution in [1.29, 1.82) is 0 Å². The Kier molecular flexibility index (Phi) is 21.1.